The van der Waals surface area contributed by atoms with E-state index in [0.717, 1.165) is 0 Å². The van der Waals surface area contributed by atoms with Gasteiger partial charge >= 0.3 is 6.03 Å². The van der Waals surface area contributed by atoms with E-state index in [0.29, 0.717) is 21.3 Å². The Morgan fingerprint density at radius 2 is 1.80 bits per heavy atom. The highest BCUT2D eigenvalue weighted by atomic mass is 35.5. The number of hydrazone groups is 1. The van der Waals surface area contributed by atoms with E-state index in [-0.39, 0.29) is 0 Å². The molecule has 2 aromatic carbocycles. The first-order valence-corrected chi connectivity index (χ1v) is 6.51. The Bertz CT molecular complexity index is 630. The van der Waals surface area contributed by atoms with Crippen molar-refractivity contribution in [3.63, 3.8) is 0 Å². The summed E-state index contributed by atoms with van der Waals surface area (Å²) < 4.78 is 0. The summed E-state index contributed by atoms with van der Waals surface area (Å²) in [5, 5.41) is 7.27. The maximum absolute atomic E-state index is 11.6. The monoisotopic (exact) mass is 307 g/mol. The quantitative estimate of drug-likeness (QED) is 0.649. The molecular weight excluding hydrogens is 297 g/mol. The van der Waals surface area contributed by atoms with E-state index in [2.05, 4.69) is 15.8 Å². The molecule has 2 aromatic rings. The normalized spacial score (nSPS) is 10.5. The van der Waals surface area contributed by atoms with Crippen LogP contribution >= 0.6 is 23.2 Å². The van der Waals surface area contributed by atoms with Gasteiger partial charge in [0.2, 0.25) is 0 Å². The molecule has 20 heavy (non-hydrogen) atoms. The predicted octanol–water partition coefficient (Wildman–Crippen LogP) is 4.15. The average Bonchev–Trinajstić information content (AvgIpc) is 2.44. The van der Waals surface area contributed by atoms with Crippen LogP contribution in [0.25, 0.3) is 0 Å². The fourth-order valence-corrected chi connectivity index (χ4v) is 1.82. The minimum atomic E-state index is -0.439. The van der Waals surface area contributed by atoms with Gasteiger partial charge in [-0.1, -0.05) is 53.5 Å². The van der Waals surface area contributed by atoms with Gasteiger partial charge in [-0.2, -0.15) is 5.10 Å². The van der Waals surface area contributed by atoms with E-state index in [4.69, 9.17) is 23.2 Å². The number of para-hydroxylation sites is 1. The minimum Gasteiger partial charge on any atom is -0.307 e. The van der Waals surface area contributed by atoms with Crippen LogP contribution in [-0.2, 0) is 0 Å². The molecule has 0 fully saturated rings. The van der Waals surface area contributed by atoms with E-state index in [1.165, 1.54) is 6.21 Å². The van der Waals surface area contributed by atoms with Gasteiger partial charge in [0.1, 0.15) is 0 Å². The third-order valence-corrected chi connectivity index (χ3v) is 3.22. The van der Waals surface area contributed by atoms with Crippen LogP contribution < -0.4 is 10.7 Å². The van der Waals surface area contributed by atoms with Crippen molar-refractivity contribution in [2.24, 2.45) is 5.10 Å². The molecule has 0 unspecified atom stereocenters. The Hall–Kier alpha value is -2.04. The Morgan fingerprint density at radius 3 is 2.55 bits per heavy atom. The number of rotatable bonds is 3. The van der Waals surface area contributed by atoms with Crippen molar-refractivity contribution >= 4 is 41.1 Å². The molecule has 0 bridgehead atoms. The molecule has 102 valence electrons. The average molecular weight is 308 g/mol. The number of amides is 2. The van der Waals surface area contributed by atoms with Gasteiger partial charge in [-0.25, -0.2) is 10.2 Å². The highest BCUT2D eigenvalue weighted by Gasteiger charge is 2.02. The van der Waals surface area contributed by atoms with Crippen molar-refractivity contribution in [2.45, 2.75) is 0 Å². The van der Waals surface area contributed by atoms with Gasteiger partial charge in [0.05, 0.1) is 16.3 Å². The molecule has 2 rings (SSSR count). The Kier molecular flexibility index (Phi) is 4.98. The zero-order valence-electron chi connectivity index (χ0n) is 10.3. The lowest BCUT2D eigenvalue weighted by atomic mass is 10.2. The predicted molar refractivity (Wildman–Crippen MR) is 82.7 cm³/mol. The van der Waals surface area contributed by atoms with Gasteiger partial charge in [-0.3, -0.25) is 0 Å². The van der Waals surface area contributed by atoms with Gasteiger partial charge < -0.3 is 5.32 Å². The number of hydrogen-bond acceptors (Lipinski definition) is 2. The topological polar surface area (TPSA) is 53.5 Å². The molecule has 0 saturated carbocycles. The first-order chi connectivity index (χ1) is 9.66. The van der Waals surface area contributed by atoms with Crippen molar-refractivity contribution in [2.75, 3.05) is 5.32 Å². The zero-order valence-corrected chi connectivity index (χ0v) is 11.8. The first-order valence-electron chi connectivity index (χ1n) is 5.76. The lowest BCUT2D eigenvalue weighted by Crippen LogP contribution is -2.24. The summed E-state index contributed by atoms with van der Waals surface area (Å²) in [6.45, 7) is 0. The minimum absolute atomic E-state index is 0.392. The Labute approximate surface area is 126 Å². The Balaban J connectivity index is 1.93. The fraction of sp³-hybridized carbons (Fsp3) is 0. The number of nitrogens with one attached hydrogen (secondary N) is 2. The summed E-state index contributed by atoms with van der Waals surface area (Å²) in [6, 6.07) is 13.8. The standard InChI is InChI=1S/C14H11Cl2N3O/c15-12-8-4-5-10(13(12)16)9-17-19-14(20)18-11-6-2-1-3-7-11/h1-9H,(H2,18,19,20)/b17-9-. The number of halogens is 2. The van der Waals surface area contributed by atoms with Gasteiger partial charge in [0.25, 0.3) is 0 Å². The molecule has 2 N–H and O–H groups in total. The summed E-state index contributed by atoms with van der Waals surface area (Å²) in [4.78, 5) is 11.6. The number of anilines is 1. The lowest BCUT2D eigenvalue weighted by Gasteiger charge is -2.03. The van der Waals surface area contributed by atoms with Crippen LogP contribution in [0.5, 0.6) is 0 Å². The van der Waals surface area contributed by atoms with Gasteiger partial charge in [-0.15, -0.1) is 0 Å². The fourth-order valence-electron chi connectivity index (χ4n) is 1.46. The number of urea groups is 1. The molecule has 0 aliphatic rings. The van der Waals surface area contributed by atoms with Crippen LogP contribution in [0.2, 0.25) is 10.0 Å². The summed E-state index contributed by atoms with van der Waals surface area (Å²) in [7, 11) is 0. The second kappa shape index (κ2) is 6.93. The largest absolute Gasteiger partial charge is 0.339 e. The maximum Gasteiger partial charge on any atom is 0.339 e. The zero-order chi connectivity index (χ0) is 14.4. The molecule has 0 aliphatic heterocycles. The molecule has 0 saturated heterocycles. The second-order valence-corrected chi connectivity index (χ2v) is 4.62. The van der Waals surface area contributed by atoms with Crippen molar-refractivity contribution in [1.82, 2.24) is 5.43 Å². The summed E-state index contributed by atoms with van der Waals surface area (Å²) in [6.07, 6.45) is 1.43. The summed E-state index contributed by atoms with van der Waals surface area (Å²) in [5.41, 5.74) is 3.65. The molecule has 0 aromatic heterocycles. The molecule has 2 amide bonds. The number of hydrogen-bond donors (Lipinski definition) is 2. The Morgan fingerprint density at radius 1 is 1.05 bits per heavy atom. The lowest BCUT2D eigenvalue weighted by molar-refractivity contribution is 0.252. The van der Waals surface area contributed by atoms with Crippen LogP contribution in [0, 0.1) is 0 Å². The second-order valence-electron chi connectivity index (χ2n) is 3.83. The van der Waals surface area contributed by atoms with E-state index in [9.17, 15) is 4.79 Å². The molecule has 0 heterocycles. The van der Waals surface area contributed by atoms with Crippen LogP contribution in [0.1, 0.15) is 5.56 Å². The van der Waals surface area contributed by atoms with Gasteiger partial charge in [0, 0.05) is 11.3 Å². The molecule has 0 spiro atoms. The van der Waals surface area contributed by atoms with E-state index in [1.807, 2.05) is 18.2 Å². The molecule has 0 atom stereocenters. The van der Waals surface area contributed by atoms with Gasteiger partial charge in [0.15, 0.2) is 0 Å². The van der Waals surface area contributed by atoms with Crippen molar-refractivity contribution in [3.8, 4) is 0 Å². The maximum atomic E-state index is 11.6. The van der Waals surface area contributed by atoms with Crippen LogP contribution in [-0.4, -0.2) is 12.2 Å². The molecule has 6 heteroatoms. The number of carbonyl (C=O) groups is 1. The number of nitrogens with zero attached hydrogens (tertiary/aromatic N) is 1. The van der Waals surface area contributed by atoms with Crippen LogP contribution in [0.4, 0.5) is 10.5 Å². The first kappa shape index (κ1) is 14.4. The van der Waals surface area contributed by atoms with Crippen LogP contribution in [0.15, 0.2) is 53.6 Å². The number of benzene rings is 2. The summed E-state index contributed by atoms with van der Waals surface area (Å²) >= 11 is 11.9. The molecule has 0 radical (unpaired) electrons. The molecular formula is C14H11Cl2N3O. The van der Waals surface area contributed by atoms with Gasteiger partial charge in [-0.05, 0) is 18.2 Å². The van der Waals surface area contributed by atoms with Crippen molar-refractivity contribution < 1.29 is 4.79 Å². The highest BCUT2D eigenvalue weighted by molar-refractivity contribution is 6.43. The number of carbonyl (C=O) groups excluding carboxylic acids is 1. The third-order valence-electron chi connectivity index (χ3n) is 2.38. The van der Waals surface area contributed by atoms with Crippen LogP contribution in [0.3, 0.4) is 0 Å². The van der Waals surface area contributed by atoms with E-state index in [1.54, 1.807) is 30.3 Å². The van der Waals surface area contributed by atoms with E-state index >= 15 is 0 Å². The smallest absolute Gasteiger partial charge is 0.307 e. The van der Waals surface area contributed by atoms with E-state index < -0.39 is 6.03 Å². The molecule has 4 nitrogen and oxygen atoms in total. The highest BCUT2D eigenvalue weighted by Crippen LogP contribution is 2.24. The van der Waals surface area contributed by atoms with Crippen molar-refractivity contribution in [1.29, 1.82) is 0 Å². The SMILES string of the molecule is O=C(N/N=C\c1cccc(Cl)c1Cl)Nc1ccccc1. The van der Waals surface area contributed by atoms with Crippen molar-refractivity contribution in [3.05, 3.63) is 64.1 Å². The molecule has 0 aliphatic carbocycles. The third kappa shape index (κ3) is 3.98. The summed E-state index contributed by atoms with van der Waals surface area (Å²) in [5.74, 6) is 0.